The number of nitrogens with one attached hydrogen (secondary N) is 1. The maximum absolute atomic E-state index is 11.7. The summed E-state index contributed by atoms with van der Waals surface area (Å²) < 4.78 is 0. The molecule has 0 aliphatic carbocycles. The van der Waals surface area contributed by atoms with Crippen LogP contribution in [0.4, 0.5) is 5.69 Å². The average Bonchev–Trinajstić information content (AvgIpc) is 2.26. The van der Waals surface area contributed by atoms with E-state index < -0.39 is 0 Å². The number of para-hydroxylation sites is 1. The first-order chi connectivity index (χ1) is 7.31. The zero-order valence-corrected chi connectivity index (χ0v) is 9.77. The Balaban J connectivity index is 2.11. The maximum atomic E-state index is 11.7. The molecule has 80 valence electrons. The number of carbonyl (C=O) groups is 1. The van der Waals surface area contributed by atoms with Crippen molar-refractivity contribution in [2.24, 2.45) is 0 Å². The van der Waals surface area contributed by atoms with Gasteiger partial charge in [-0.2, -0.15) is 0 Å². The van der Waals surface area contributed by atoms with E-state index >= 15 is 0 Å². The highest BCUT2D eigenvalue weighted by Crippen LogP contribution is 2.36. The van der Waals surface area contributed by atoms with Gasteiger partial charge in [0.25, 0.3) is 0 Å². The molecule has 1 aliphatic heterocycles. The van der Waals surface area contributed by atoms with E-state index in [1.807, 2.05) is 24.3 Å². The Morgan fingerprint density at radius 3 is 3.00 bits per heavy atom. The molecule has 2 nitrogen and oxygen atoms in total. The van der Waals surface area contributed by atoms with Gasteiger partial charge in [-0.25, -0.2) is 0 Å². The fourth-order valence-corrected chi connectivity index (χ4v) is 2.86. The molecule has 2 rings (SSSR count). The van der Waals surface area contributed by atoms with Gasteiger partial charge in [0.05, 0.1) is 10.9 Å². The van der Waals surface area contributed by atoms with Crippen LogP contribution in [-0.2, 0) is 4.79 Å². The average molecular weight is 242 g/mol. The summed E-state index contributed by atoms with van der Waals surface area (Å²) in [5.74, 6) is 0.718. The third-order valence-electron chi connectivity index (χ3n) is 2.31. The van der Waals surface area contributed by atoms with Crippen molar-refractivity contribution in [1.82, 2.24) is 0 Å². The van der Waals surface area contributed by atoms with Crippen LogP contribution in [0.3, 0.4) is 0 Å². The molecule has 0 spiro atoms. The summed E-state index contributed by atoms with van der Waals surface area (Å²) >= 11 is 7.26. The van der Waals surface area contributed by atoms with Crippen LogP contribution in [0.25, 0.3) is 0 Å². The van der Waals surface area contributed by atoms with Gasteiger partial charge in [0.15, 0.2) is 0 Å². The zero-order chi connectivity index (χ0) is 10.7. The van der Waals surface area contributed by atoms with E-state index in [9.17, 15) is 4.79 Å². The molecule has 0 saturated heterocycles. The largest absolute Gasteiger partial charge is 0.324 e. The highest BCUT2D eigenvalue weighted by molar-refractivity contribution is 8.01. The van der Waals surface area contributed by atoms with Crippen LogP contribution in [0, 0.1) is 0 Å². The van der Waals surface area contributed by atoms with Gasteiger partial charge in [-0.1, -0.05) is 12.1 Å². The Kier molecular flexibility index (Phi) is 3.54. The molecule has 1 N–H and O–H groups in total. The van der Waals surface area contributed by atoms with Crippen molar-refractivity contribution in [2.75, 3.05) is 11.2 Å². The van der Waals surface area contributed by atoms with Gasteiger partial charge < -0.3 is 5.32 Å². The predicted molar refractivity (Wildman–Crippen MR) is 64.7 cm³/mol. The van der Waals surface area contributed by atoms with Gasteiger partial charge in [0.2, 0.25) is 5.91 Å². The van der Waals surface area contributed by atoms with Crippen LogP contribution in [0.15, 0.2) is 29.2 Å². The second-order valence-corrected chi connectivity index (χ2v) is 5.05. The minimum absolute atomic E-state index is 0.0126. The normalized spacial score (nSPS) is 19.5. The molecule has 1 heterocycles. The number of amides is 1. The third-order valence-corrected chi connectivity index (χ3v) is 3.92. The lowest BCUT2D eigenvalue weighted by Gasteiger charge is -2.23. The van der Waals surface area contributed by atoms with Crippen LogP contribution in [0.1, 0.15) is 12.8 Å². The molecule has 4 heteroatoms. The van der Waals surface area contributed by atoms with Crippen molar-refractivity contribution < 1.29 is 4.79 Å². The summed E-state index contributed by atoms with van der Waals surface area (Å²) in [7, 11) is 0. The molecule has 0 saturated carbocycles. The lowest BCUT2D eigenvalue weighted by atomic mass is 10.2. The summed E-state index contributed by atoms with van der Waals surface area (Å²) in [5, 5.41) is 2.93. The molecule has 1 aliphatic rings. The van der Waals surface area contributed by atoms with Crippen LogP contribution in [0.5, 0.6) is 0 Å². The van der Waals surface area contributed by atoms with Crippen molar-refractivity contribution in [1.29, 1.82) is 0 Å². The Bertz CT molecular complexity index is 369. The number of carbonyl (C=O) groups excluding carboxylic acids is 1. The van der Waals surface area contributed by atoms with Crippen LogP contribution < -0.4 is 5.32 Å². The number of halogens is 1. The Labute approximate surface area is 98.4 Å². The fraction of sp³-hybridized carbons (Fsp3) is 0.364. The Morgan fingerprint density at radius 1 is 1.40 bits per heavy atom. The zero-order valence-electron chi connectivity index (χ0n) is 8.20. The number of alkyl halides is 1. The number of fused-ring (bicyclic) bond motifs is 1. The number of thioether (sulfide) groups is 1. The van der Waals surface area contributed by atoms with Crippen molar-refractivity contribution in [3.05, 3.63) is 24.3 Å². The molecule has 0 fully saturated rings. The van der Waals surface area contributed by atoms with E-state index in [0.29, 0.717) is 5.88 Å². The molecule has 1 amide bonds. The van der Waals surface area contributed by atoms with Crippen molar-refractivity contribution in [3.8, 4) is 0 Å². The van der Waals surface area contributed by atoms with Crippen molar-refractivity contribution in [2.45, 2.75) is 23.0 Å². The molecule has 1 aromatic rings. The van der Waals surface area contributed by atoms with E-state index in [2.05, 4.69) is 5.32 Å². The van der Waals surface area contributed by atoms with Crippen LogP contribution in [-0.4, -0.2) is 17.0 Å². The lowest BCUT2D eigenvalue weighted by Crippen LogP contribution is -2.28. The van der Waals surface area contributed by atoms with Crippen LogP contribution >= 0.6 is 23.4 Å². The highest BCUT2D eigenvalue weighted by Gasteiger charge is 2.25. The summed E-state index contributed by atoms with van der Waals surface area (Å²) in [5.41, 5.74) is 0.926. The van der Waals surface area contributed by atoms with Gasteiger partial charge in [-0.3, -0.25) is 4.79 Å². The molecule has 0 radical (unpaired) electrons. The van der Waals surface area contributed by atoms with E-state index in [-0.39, 0.29) is 11.2 Å². The minimum Gasteiger partial charge on any atom is -0.324 e. The monoisotopic (exact) mass is 241 g/mol. The number of benzene rings is 1. The molecular weight excluding hydrogens is 230 g/mol. The first kappa shape index (κ1) is 10.8. The number of hydrogen-bond donors (Lipinski definition) is 1. The smallest absolute Gasteiger partial charge is 0.237 e. The van der Waals surface area contributed by atoms with Gasteiger partial charge in [0, 0.05) is 10.8 Å². The molecule has 0 aromatic heterocycles. The van der Waals surface area contributed by atoms with Crippen molar-refractivity contribution >= 4 is 35.0 Å². The lowest BCUT2D eigenvalue weighted by molar-refractivity contribution is -0.115. The summed E-state index contributed by atoms with van der Waals surface area (Å²) in [6.45, 7) is 0. The predicted octanol–water partition coefficient (Wildman–Crippen LogP) is 3.12. The van der Waals surface area contributed by atoms with E-state index in [1.54, 1.807) is 11.8 Å². The maximum Gasteiger partial charge on any atom is 0.237 e. The standard InChI is InChI=1S/C11H12ClNOS/c12-7-3-6-10-11(14)13-8-4-1-2-5-9(8)15-10/h1-2,4-5,10H,3,6-7H2,(H,13,14). The van der Waals surface area contributed by atoms with E-state index in [4.69, 9.17) is 11.6 Å². The summed E-state index contributed by atoms with van der Waals surface area (Å²) in [4.78, 5) is 12.8. The fourth-order valence-electron chi connectivity index (χ4n) is 1.55. The Morgan fingerprint density at radius 2 is 2.20 bits per heavy atom. The minimum atomic E-state index is 0.0126. The SMILES string of the molecule is O=C1Nc2ccccc2SC1CCCCl. The second-order valence-electron chi connectivity index (χ2n) is 3.42. The molecule has 1 unspecified atom stereocenters. The van der Waals surface area contributed by atoms with E-state index in [1.165, 1.54) is 0 Å². The first-order valence-corrected chi connectivity index (χ1v) is 6.35. The Hall–Kier alpha value is -0.670. The van der Waals surface area contributed by atoms with E-state index in [0.717, 1.165) is 23.4 Å². The molecule has 15 heavy (non-hydrogen) atoms. The quantitative estimate of drug-likeness (QED) is 0.824. The molecular formula is C11H12ClNOS. The van der Waals surface area contributed by atoms with Crippen LogP contribution in [0.2, 0.25) is 0 Å². The number of rotatable bonds is 3. The number of hydrogen-bond acceptors (Lipinski definition) is 2. The van der Waals surface area contributed by atoms with Gasteiger partial charge in [-0.15, -0.1) is 23.4 Å². The highest BCUT2D eigenvalue weighted by atomic mass is 35.5. The summed E-state index contributed by atoms with van der Waals surface area (Å²) in [6, 6.07) is 7.88. The first-order valence-electron chi connectivity index (χ1n) is 4.94. The summed E-state index contributed by atoms with van der Waals surface area (Å²) in [6.07, 6.45) is 1.73. The second kappa shape index (κ2) is 4.90. The third kappa shape index (κ3) is 2.47. The topological polar surface area (TPSA) is 29.1 Å². The van der Waals surface area contributed by atoms with Gasteiger partial charge in [0.1, 0.15) is 0 Å². The molecule has 0 bridgehead atoms. The van der Waals surface area contributed by atoms with Gasteiger partial charge in [-0.05, 0) is 25.0 Å². The van der Waals surface area contributed by atoms with Crippen molar-refractivity contribution in [3.63, 3.8) is 0 Å². The van der Waals surface area contributed by atoms with Gasteiger partial charge >= 0.3 is 0 Å². The number of anilines is 1. The molecule has 1 atom stereocenters. The molecule has 1 aromatic carbocycles.